The monoisotopic (exact) mass is 339 g/mol. The van der Waals surface area contributed by atoms with E-state index in [2.05, 4.69) is 0 Å². The number of carbonyl (C=O) groups is 1. The second kappa shape index (κ2) is 6.93. The highest BCUT2D eigenvalue weighted by atomic mass is 16.7. The van der Waals surface area contributed by atoms with Crippen LogP contribution in [0.15, 0.2) is 0 Å². The van der Waals surface area contributed by atoms with E-state index in [0.29, 0.717) is 0 Å². The van der Waals surface area contributed by atoms with E-state index in [1.807, 2.05) is 0 Å². The van der Waals surface area contributed by atoms with Crippen molar-refractivity contribution in [2.24, 2.45) is 5.73 Å². The minimum absolute atomic E-state index is 0.866. The second-order valence-electron chi connectivity index (χ2n) is 5.64. The number of nitrogens with two attached hydrogens (primary N) is 1. The third-order valence-corrected chi connectivity index (χ3v) is 3.99. The van der Waals surface area contributed by atoms with Gasteiger partial charge in [0.15, 0.2) is 18.7 Å². The number of aliphatic hydroxyl groups excluding tert-OH is 5. The molecule has 0 radical (unpaired) electrons. The fraction of sp³-hybridized carbons (Fsp3) is 0.917. The van der Waals surface area contributed by atoms with Crippen molar-refractivity contribution in [3.8, 4) is 0 Å². The molecule has 4 unspecified atom stereocenters. The molecule has 0 bridgehead atoms. The van der Waals surface area contributed by atoms with Crippen LogP contribution < -0.4 is 5.73 Å². The number of rotatable bonds is 3. The molecule has 2 heterocycles. The van der Waals surface area contributed by atoms with Gasteiger partial charge in [-0.2, -0.15) is 0 Å². The molecular formula is C12H21NO10. The van der Waals surface area contributed by atoms with Crippen LogP contribution in [0.1, 0.15) is 6.92 Å². The van der Waals surface area contributed by atoms with Gasteiger partial charge in [-0.05, 0) is 6.92 Å². The topological polar surface area (TPSA) is 192 Å². The smallest absolute Gasteiger partial charge is 0.335 e. The summed E-state index contributed by atoms with van der Waals surface area (Å²) in [7, 11) is 0. The molecule has 134 valence electrons. The molecular weight excluding hydrogens is 318 g/mol. The summed E-state index contributed by atoms with van der Waals surface area (Å²) in [6.45, 7) is 1.44. The van der Waals surface area contributed by atoms with E-state index in [-0.39, 0.29) is 0 Å². The molecule has 0 aliphatic carbocycles. The summed E-state index contributed by atoms with van der Waals surface area (Å²) in [6.07, 6.45) is -13.8. The van der Waals surface area contributed by atoms with Gasteiger partial charge in [-0.1, -0.05) is 0 Å². The fourth-order valence-electron chi connectivity index (χ4n) is 2.53. The number of carboxylic acids is 1. The molecule has 0 saturated carbocycles. The normalized spacial score (nSPS) is 51.4. The molecule has 2 aliphatic rings. The first kappa shape index (κ1) is 18.4. The van der Waals surface area contributed by atoms with Gasteiger partial charge in [0.2, 0.25) is 0 Å². The van der Waals surface area contributed by atoms with Crippen LogP contribution in [0.2, 0.25) is 0 Å². The molecule has 11 nitrogen and oxygen atoms in total. The number of carboxylic acid groups (broad SMARTS) is 1. The summed E-state index contributed by atoms with van der Waals surface area (Å²) >= 11 is 0. The van der Waals surface area contributed by atoms with Gasteiger partial charge in [0.1, 0.15) is 30.5 Å². The SMILES string of the molecule is CC1O[C@H](O[C@@H]2C(C(=O)O)O[C@@H](O)C(O)[C@H]2O)C(N)[C@@H](O)[C@@H]1O. The maximum Gasteiger partial charge on any atom is 0.335 e. The minimum Gasteiger partial charge on any atom is -0.479 e. The van der Waals surface area contributed by atoms with Crippen LogP contribution in [0.25, 0.3) is 0 Å². The molecule has 0 aromatic heterocycles. The Morgan fingerprint density at radius 3 is 2.17 bits per heavy atom. The zero-order chi connectivity index (χ0) is 17.5. The number of ether oxygens (including phenoxy) is 3. The predicted octanol–water partition coefficient (Wildman–Crippen LogP) is -4.31. The Balaban J connectivity index is 2.16. The average molecular weight is 339 g/mol. The Labute approximate surface area is 130 Å². The predicted molar refractivity (Wildman–Crippen MR) is 69.7 cm³/mol. The van der Waals surface area contributed by atoms with E-state index in [9.17, 15) is 30.3 Å². The molecule has 0 aromatic rings. The van der Waals surface area contributed by atoms with E-state index >= 15 is 0 Å². The Bertz CT molecular complexity index is 436. The number of hydrogen-bond acceptors (Lipinski definition) is 10. The zero-order valence-corrected chi connectivity index (χ0v) is 12.2. The van der Waals surface area contributed by atoms with Crippen LogP contribution in [-0.4, -0.2) is 98.0 Å². The maximum atomic E-state index is 11.2. The third-order valence-electron chi connectivity index (χ3n) is 3.99. The minimum atomic E-state index is -1.90. The highest BCUT2D eigenvalue weighted by molar-refractivity contribution is 5.73. The first-order valence-corrected chi connectivity index (χ1v) is 7.00. The van der Waals surface area contributed by atoms with Crippen LogP contribution in [0.5, 0.6) is 0 Å². The molecule has 2 fully saturated rings. The highest BCUT2D eigenvalue weighted by Crippen LogP contribution is 2.28. The molecule has 2 rings (SSSR count). The third kappa shape index (κ3) is 3.47. The molecule has 2 aliphatic heterocycles. The van der Waals surface area contributed by atoms with Gasteiger partial charge in [-0.3, -0.25) is 0 Å². The van der Waals surface area contributed by atoms with Crippen molar-refractivity contribution < 1.29 is 49.6 Å². The Morgan fingerprint density at radius 1 is 1.00 bits per heavy atom. The maximum absolute atomic E-state index is 11.2. The van der Waals surface area contributed by atoms with Crippen LogP contribution in [0.3, 0.4) is 0 Å². The van der Waals surface area contributed by atoms with Crippen LogP contribution in [-0.2, 0) is 19.0 Å². The van der Waals surface area contributed by atoms with Gasteiger partial charge >= 0.3 is 5.97 Å². The largest absolute Gasteiger partial charge is 0.479 e. The van der Waals surface area contributed by atoms with Crippen molar-refractivity contribution in [1.82, 2.24) is 0 Å². The summed E-state index contributed by atoms with van der Waals surface area (Å²) in [5, 5.41) is 57.5. The standard InChI is InChI=1S/C12H21NO10/c1-2-4(14)5(15)3(13)12(21-2)23-8-6(16)7(17)11(20)22-9(8)10(18)19/h2-9,11-12,14-17,20H,13H2,1H3,(H,18,19)/t2?,3?,4-,5-,6-,7?,8+,9?,11-,12-/m1/s1. The first-order valence-electron chi connectivity index (χ1n) is 7.00. The van der Waals surface area contributed by atoms with E-state index < -0.39 is 67.3 Å². The van der Waals surface area contributed by atoms with Gasteiger partial charge in [0.25, 0.3) is 0 Å². The number of aliphatic hydroxyl groups is 5. The highest BCUT2D eigenvalue weighted by Gasteiger charge is 2.51. The molecule has 0 amide bonds. The lowest BCUT2D eigenvalue weighted by Crippen LogP contribution is -2.66. The Hall–Kier alpha value is -0.890. The lowest BCUT2D eigenvalue weighted by Gasteiger charge is -2.44. The lowest BCUT2D eigenvalue weighted by molar-refractivity contribution is -0.330. The lowest BCUT2D eigenvalue weighted by atomic mass is 9.96. The van der Waals surface area contributed by atoms with Gasteiger partial charge in [0, 0.05) is 0 Å². The Kier molecular flexibility index (Phi) is 5.56. The summed E-state index contributed by atoms with van der Waals surface area (Å²) < 4.78 is 15.3. The number of aliphatic carboxylic acids is 1. The van der Waals surface area contributed by atoms with Crippen molar-refractivity contribution in [2.75, 3.05) is 0 Å². The fourth-order valence-corrected chi connectivity index (χ4v) is 2.53. The van der Waals surface area contributed by atoms with Gasteiger partial charge in [-0.15, -0.1) is 0 Å². The Morgan fingerprint density at radius 2 is 1.61 bits per heavy atom. The van der Waals surface area contributed by atoms with Crippen molar-refractivity contribution in [3.63, 3.8) is 0 Å². The summed E-state index contributed by atoms with van der Waals surface area (Å²) in [4.78, 5) is 11.2. The van der Waals surface area contributed by atoms with Crippen molar-refractivity contribution in [3.05, 3.63) is 0 Å². The molecule has 2 saturated heterocycles. The van der Waals surface area contributed by atoms with Crippen molar-refractivity contribution in [1.29, 1.82) is 0 Å². The molecule has 0 spiro atoms. The van der Waals surface area contributed by atoms with Gasteiger partial charge in [0.05, 0.1) is 12.1 Å². The molecule has 10 atom stereocenters. The summed E-state index contributed by atoms with van der Waals surface area (Å²) in [5.41, 5.74) is 5.68. The second-order valence-corrected chi connectivity index (χ2v) is 5.64. The molecule has 11 heteroatoms. The first-order chi connectivity index (χ1) is 10.6. The molecule has 23 heavy (non-hydrogen) atoms. The van der Waals surface area contributed by atoms with Crippen molar-refractivity contribution >= 4 is 5.97 Å². The zero-order valence-electron chi connectivity index (χ0n) is 12.2. The van der Waals surface area contributed by atoms with Crippen LogP contribution >= 0.6 is 0 Å². The quantitative estimate of drug-likeness (QED) is 0.263. The van der Waals surface area contributed by atoms with E-state index in [0.717, 1.165) is 0 Å². The van der Waals surface area contributed by atoms with Gasteiger partial charge in [-0.25, -0.2) is 4.79 Å². The van der Waals surface area contributed by atoms with Crippen LogP contribution in [0, 0.1) is 0 Å². The van der Waals surface area contributed by atoms with E-state index in [1.54, 1.807) is 0 Å². The molecule has 8 N–H and O–H groups in total. The van der Waals surface area contributed by atoms with Crippen LogP contribution in [0.4, 0.5) is 0 Å². The van der Waals surface area contributed by atoms with Crippen molar-refractivity contribution in [2.45, 2.75) is 68.3 Å². The molecule has 0 aromatic carbocycles. The average Bonchev–Trinajstić information content (AvgIpc) is 2.50. The van der Waals surface area contributed by atoms with E-state index in [4.69, 9.17) is 25.1 Å². The van der Waals surface area contributed by atoms with Gasteiger partial charge < -0.3 is 50.6 Å². The number of hydrogen-bond donors (Lipinski definition) is 7. The van der Waals surface area contributed by atoms with E-state index in [1.165, 1.54) is 6.92 Å². The summed E-state index contributed by atoms with van der Waals surface area (Å²) in [6, 6.07) is -1.23. The summed E-state index contributed by atoms with van der Waals surface area (Å²) in [5.74, 6) is -1.54.